The second-order valence-corrected chi connectivity index (χ2v) is 4.95. The van der Waals surface area contributed by atoms with Gasteiger partial charge in [-0.25, -0.2) is 0 Å². The van der Waals surface area contributed by atoms with Crippen molar-refractivity contribution in [2.75, 3.05) is 6.61 Å². The van der Waals surface area contributed by atoms with Crippen LogP contribution in [-0.4, -0.2) is 22.6 Å². The summed E-state index contributed by atoms with van der Waals surface area (Å²) in [4.78, 5) is 14.8. The van der Waals surface area contributed by atoms with E-state index in [1.807, 2.05) is 31.2 Å². The van der Waals surface area contributed by atoms with Crippen LogP contribution in [0.3, 0.4) is 0 Å². The summed E-state index contributed by atoms with van der Waals surface area (Å²) < 4.78 is 0. The van der Waals surface area contributed by atoms with Crippen LogP contribution < -0.4 is 5.32 Å². The Morgan fingerprint density at radius 2 is 2.29 bits per heavy atom. The maximum atomic E-state index is 12.0. The molecule has 0 saturated heterocycles. The minimum Gasteiger partial charge on any atom is -0.384 e. The first-order valence-corrected chi connectivity index (χ1v) is 6.82. The van der Waals surface area contributed by atoms with Crippen molar-refractivity contribution in [1.82, 2.24) is 10.3 Å². The molecule has 1 unspecified atom stereocenters. The van der Waals surface area contributed by atoms with Gasteiger partial charge in [0, 0.05) is 11.8 Å². The fraction of sp³-hybridized carbons (Fsp3) is 0.188. The van der Waals surface area contributed by atoms with Crippen LogP contribution in [0.2, 0.25) is 5.02 Å². The molecule has 0 radical (unpaired) electrons. The first-order valence-electron chi connectivity index (χ1n) is 6.44. The highest BCUT2D eigenvalue weighted by molar-refractivity contribution is 6.30. The molecule has 4 nitrogen and oxygen atoms in total. The number of carbonyl (C=O) groups excluding carboxylic acids is 1. The van der Waals surface area contributed by atoms with Crippen LogP contribution in [0.5, 0.6) is 0 Å². The Labute approximate surface area is 128 Å². The third kappa shape index (κ3) is 4.12. The average Bonchev–Trinajstić information content (AvgIpc) is 2.92. The maximum Gasteiger partial charge on any atom is 0.268 e. The summed E-state index contributed by atoms with van der Waals surface area (Å²) in [5.74, 6) is 5.22. The van der Waals surface area contributed by atoms with Crippen molar-refractivity contribution in [2.45, 2.75) is 13.0 Å². The largest absolute Gasteiger partial charge is 0.384 e. The van der Waals surface area contributed by atoms with Gasteiger partial charge in [0.25, 0.3) is 5.91 Å². The van der Waals surface area contributed by atoms with E-state index in [0.717, 1.165) is 11.1 Å². The van der Waals surface area contributed by atoms with E-state index in [1.165, 1.54) is 0 Å². The molecule has 3 N–H and O–H groups in total. The number of aromatic amines is 1. The van der Waals surface area contributed by atoms with Crippen molar-refractivity contribution >= 4 is 17.5 Å². The number of aliphatic hydroxyl groups is 1. The standard InChI is InChI=1S/C16H15ClN2O2/c1-11(19-16(21)15-9-14(17)10-18-15)13-6-2-4-12(8-13)5-3-7-20/h2,4,6,8-11,18,20H,7H2,1H3,(H,19,21). The molecule has 0 spiro atoms. The monoisotopic (exact) mass is 302 g/mol. The Balaban J connectivity index is 2.09. The summed E-state index contributed by atoms with van der Waals surface area (Å²) in [6, 6.07) is 8.92. The zero-order valence-corrected chi connectivity index (χ0v) is 12.2. The first-order chi connectivity index (χ1) is 10.1. The average molecular weight is 303 g/mol. The van der Waals surface area contributed by atoms with E-state index in [-0.39, 0.29) is 18.6 Å². The molecular weight excluding hydrogens is 288 g/mol. The van der Waals surface area contributed by atoms with E-state index in [0.29, 0.717) is 10.7 Å². The van der Waals surface area contributed by atoms with Gasteiger partial charge in [-0.2, -0.15) is 0 Å². The highest BCUT2D eigenvalue weighted by atomic mass is 35.5. The first kappa shape index (κ1) is 15.2. The van der Waals surface area contributed by atoms with Crippen LogP contribution in [0.4, 0.5) is 0 Å². The molecule has 1 heterocycles. The number of hydrogen-bond acceptors (Lipinski definition) is 2. The molecule has 2 rings (SSSR count). The molecule has 108 valence electrons. The SMILES string of the molecule is CC(NC(=O)c1cc(Cl)c[nH]1)c1cccc(C#CCO)c1. The zero-order chi connectivity index (χ0) is 15.2. The van der Waals surface area contributed by atoms with Gasteiger partial charge in [-0.15, -0.1) is 0 Å². The minimum absolute atomic E-state index is 0.171. The van der Waals surface area contributed by atoms with E-state index in [9.17, 15) is 4.79 Å². The molecule has 1 amide bonds. The lowest BCUT2D eigenvalue weighted by Gasteiger charge is -2.14. The lowest BCUT2D eigenvalue weighted by Crippen LogP contribution is -2.26. The van der Waals surface area contributed by atoms with Crippen molar-refractivity contribution in [3.63, 3.8) is 0 Å². The van der Waals surface area contributed by atoms with Crippen LogP contribution in [0.1, 0.15) is 34.6 Å². The number of amides is 1. The Morgan fingerprint density at radius 1 is 1.48 bits per heavy atom. The molecule has 21 heavy (non-hydrogen) atoms. The second-order valence-electron chi connectivity index (χ2n) is 4.51. The molecule has 0 fully saturated rings. The van der Waals surface area contributed by atoms with Crippen molar-refractivity contribution in [1.29, 1.82) is 0 Å². The van der Waals surface area contributed by atoms with Gasteiger partial charge >= 0.3 is 0 Å². The van der Waals surface area contributed by atoms with E-state index >= 15 is 0 Å². The van der Waals surface area contributed by atoms with Gasteiger partial charge < -0.3 is 15.4 Å². The summed E-state index contributed by atoms with van der Waals surface area (Å²) in [6.07, 6.45) is 1.56. The smallest absolute Gasteiger partial charge is 0.268 e. The van der Waals surface area contributed by atoms with Gasteiger partial charge in [-0.3, -0.25) is 4.79 Å². The highest BCUT2D eigenvalue weighted by Crippen LogP contribution is 2.15. The van der Waals surface area contributed by atoms with Crippen molar-refractivity contribution < 1.29 is 9.90 Å². The molecule has 1 aromatic heterocycles. The van der Waals surface area contributed by atoms with Gasteiger partial charge in [-0.05, 0) is 30.7 Å². The Morgan fingerprint density at radius 3 is 2.95 bits per heavy atom. The molecule has 0 aliphatic carbocycles. The minimum atomic E-state index is -0.221. The molecule has 1 aromatic carbocycles. The van der Waals surface area contributed by atoms with Gasteiger partial charge in [0.15, 0.2) is 0 Å². The molecule has 0 aliphatic heterocycles. The van der Waals surface area contributed by atoms with Crippen molar-refractivity contribution in [3.05, 3.63) is 58.4 Å². The van der Waals surface area contributed by atoms with Crippen LogP contribution in [0.15, 0.2) is 36.5 Å². The van der Waals surface area contributed by atoms with Crippen LogP contribution in [-0.2, 0) is 0 Å². The summed E-state index contributed by atoms with van der Waals surface area (Å²) in [7, 11) is 0. The molecule has 5 heteroatoms. The summed E-state index contributed by atoms with van der Waals surface area (Å²) in [5.41, 5.74) is 2.15. The van der Waals surface area contributed by atoms with Gasteiger partial charge in [-0.1, -0.05) is 35.6 Å². The Bertz CT molecular complexity index is 698. The number of aliphatic hydroxyl groups excluding tert-OH is 1. The number of rotatable bonds is 3. The van der Waals surface area contributed by atoms with Crippen LogP contribution >= 0.6 is 11.6 Å². The number of nitrogens with one attached hydrogen (secondary N) is 2. The van der Waals surface area contributed by atoms with E-state index in [2.05, 4.69) is 22.1 Å². The molecule has 1 atom stereocenters. The van der Waals surface area contributed by atoms with E-state index in [1.54, 1.807) is 12.3 Å². The number of halogens is 1. The predicted octanol–water partition coefficient (Wildman–Crippen LogP) is 2.50. The highest BCUT2D eigenvalue weighted by Gasteiger charge is 2.13. The molecule has 2 aromatic rings. The second kappa shape index (κ2) is 6.98. The predicted molar refractivity (Wildman–Crippen MR) is 82.1 cm³/mol. The molecule has 0 saturated carbocycles. The van der Waals surface area contributed by atoms with E-state index in [4.69, 9.17) is 16.7 Å². The molecule has 0 aliphatic rings. The summed E-state index contributed by atoms with van der Waals surface area (Å²) in [6.45, 7) is 1.71. The van der Waals surface area contributed by atoms with Gasteiger partial charge in [0.05, 0.1) is 11.1 Å². The Hall–Kier alpha value is -2.22. The fourth-order valence-electron chi connectivity index (χ4n) is 1.88. The Kier molecular flexibility index (Phi) is 5.04. The quantitative estimate of drug-likeness (QED) is 0.763. The van der Waals surface area contributed by atoms with Crippen LogP contribution in [0, 0.1) is 11.8 Å². The topological polar surface area (TPSA) is 65.1 Å². The third-order valence-corrected chi connectivity index (χ3v) is 3.16. The number of carbonyl (C=O) groups is 1. The molecular formula is C16H15ClN2O2. The van der Waals surface area contributed by atoms with Gasteiger partial charge in [0.2, 0.25) is 0 Å². The number of H-pyrrole nitrogens is 1. The molecule has 0 bridgehead atoms. The lowest BCUT2D eigenvalue weighted by molar-refractivity contribution is 0.0935. The van der Waals surface area contributed by atoms with Crippen molar-refractivity contribution in [3.8, 4) is 11.8 Å². The lowest BCUT2D eigenvalue weighted by atomic mass is 10.1. The number of hydrogen-bond donors (Lipinski definition) is 3. The van der Waals surface area contributed by atoms with Crippen LogP contribution in [0.25, 0.3) is 0 Å². The third-order valence-electron chi connectivity index (χ3n) is 2.94. The summed E-state index contributed by atoms with van der Waals surface area (Å²) >= 11 is 5.78. The zero-order valence-electron chi connectivity index (χ0n) is 11.5. The van der Waals surface area contributed by atoms with Gasteiger partial charge in [0.1, 0.15) is 12.3 Å². The van der Waals surface area contributed by atoms with E-state index < -0.39 is 0 Å². The van der Waals surface area contributed by atoms with Crippen molar-refractivity contribution in [2.24, 2.45) is 0 Å². The fourth-order valence-corrected chi connectivity index (χ4v) is 2.05. The summed E-state index contributed by atoms with van der Waals surface area (Å²) in [5, 5.41) is 12.1. The number of benzene rings is 1. The maximum absolute atomic E-state index is 12.0. The normalized spacial score (nSPS) is 11.4. The number of aromatic nitrogens is 1.